The molecule has 0 saturated heterocycles. The van der Waals surface area contributed by atoms with Crippen LogP contribution in [0, 0.1) is 0 Å². The van der Waals surface area contributed by atoms with Crippen molar-refractivity contribution in [2.45, 2.75) is 19.5 Å². The van der Waals surface area contributed by atoms with Crippen LogP contribution in [-0.4, -0.2) is 32.8 Å². The molecule has 0 aliphatic heterocycles. The first-order valence-corrected chi connectivity index (χ1v) is 8.10. The van der Waals surface area contributed by atoms with Crippen molar-refractivity contribution in [3.05, 3.63) is 70.6 Å². The molecule has 3 rings (SSSR count). The fraction of sp³-hybridized carbons (Fsp3) is 0.222. The van der Waals surface area contributed by atoms with Crippen LogP contribution in [0.5, 0.6) is 5.75 Å². The molecule has 1 N–H and O–H groups in total. The summed E-state index contributed by atoms with van der Waals surface area (Å²) in [6.45, 7) is 1.63. The van der Waals surface area contributed by atoms with Crippen molar-refractivity contribution in [3.63, 3.8) is 0 Å². The van der Waals surface area contributed by atoms with Crippen LogP contribution in [0.15, 0.2) is 59.4 Å². The highest BCUT2D eigenvalue weighted by Gasteiger charge is 2.16. The zero-order valence-corrected chi connectivity index (χ0v) is 14.5. The van der Waals surface area contributed by atoms with E-state index in [0.29, 0.717) is 11.4 Å². The third-order valence-electron chi connectivity index (χ3n) is 3.92. The molecule has 26 heavy (non-hydrogen) atoms. The van der Waals surface area contributed by atoms with Crippen LogP contribution in [-0.2, 0) is 11.3 Å². The largest absolute Gasteiger partial charge is 0.496 e. The van der Waals surface area contributed by atoms with Crippen LogP contribution in [0.25, 0.3) is 5.69 Å². The minimum atomic E-state index is -0.476. The molecule has 2 aromatic carbocycles. The number of amides is 1. The summed E-state index contributed by atoms with van der Waals surface area (Å²) in [6, 6.07) is 16.1. The molecule has 3 aromatic rings. The van der Waals surface area contributed by atoms with E-state index < -0.39 is 5.69 Å². The van der Waals surface area contributed by atoms with Crippen molar-refractivity contribution < 1.29 is 9.53 Å². The molecule has 8 heteroatoms. The van der Waals surface area contributed by atoms with E-state index in [1.165, 1.54) is 0 Å². The molecule has 0 spiro atoms. The number of methoxy groups -OCH3 is 1. The first kappa shape index (κ1) is 17.4. The first-order valence-electron chi connectivity index (χ1n) is 8.10. The Balaban J connectivity index is 1.71. The predicted octanol–water partition coefficient (Wildman–Crippen LogP) is 1.31. The molecule has 0 unspecified atom stereocenters. The van der Waals surface area contributed by atoms with Crippen LogP contribution in [0.4, 0.5) is 0 Å². The average molecular weight is 353 g/mol. The van der Waals surface area contributed by atoms with Gasteiger partial charge in [0.25, 0.3) is 0 Å². The summed E-state index contributed by atoms with van der Waals surface area (Å²) in [4.78, 5) is 24.7. The van der Waals surface area contributed by atoms with Gasteiger partial charge in [0.15, 0.2) is 0 Å². The Morgan fingerprint density at radius 2 is 1.81 bits per heavy atom. The topological polar surface area (TPSA) is 91.0 Å². The molecule has 1 atom stereocenters. The molecular formula is C18H19N5O3. The van der Waals surface area contributed by atoms with Gasteiger partial charge in [-0.2, -0.15) is 9.36 Å². The number of hydrogen-bond donors (Lipinski definition) is 1. The number of carbonyl (C=O) groups excluding carboxylic acids is 1. The fourth-order valence-electron chi connectivity index (χ4n) is 2.63. The average Bonchev–Trinajstić information content (AvgIpc) is 3.02. The number of nitrogens with one attached hydrogen (secondary N) is 1. The summed E-state index contributed by atoms with van der Waals surface area (Å²) in [5.41, 5.74) is 0.964. The summed E-state index contributed by atoms with van der Waals surface area (Å²) in [7, 11) is 1.58. The van der Waals surface area contributed by atoms with Gasteiger partial charge in [-0.3, -0.25) is 4.79 Å². The summed E-state index contributed by atoms with van der Waals surface area (Å²) in [5.74, 6) is 0.345. The number of rotatable bonds is 6. The normalized spacial score (nSPS) is 11.8. The van der Waals surface area contributed by atoms with Gasteiger partial charge in [0.05, 0.1) is 18.8 Å². The van der Waals surface area contributed by atoms with E-state index in [1.54, 1.807) is 31.4 Å². The van der Waals surface area contributed by atoms with Gasteiger partial charge in [0.1, 0.15) is 12.3 Å². The van der Waals surface area contributed by atoms with E-state index in [-0.39, 0.29) is 18.5 Å². The van der Waals surface area contributed by atoms with E-state index in [0.717, 1.165) is 14.9 Å². The SMILES string of the molecule is COc1ccccc1[C@H](C)NC(=O)Cn1nnn(-c2ccccc2)c1=O. The standard InChI is InChI=1S/C18H19N5O3/c1-13(15-10-6-7-11-16(15)26-2)19-17(24)12-22-18(25)23(21-20-22)14-8-4-3-5-9-14/h3-11,13H,12H2,1-2H3,(H,19,24)/t13-/m0/s1. The molecule has 0 fully saturated rings. The van der Waals surface area contributed by atoms with E-state index in [2.05, 4.69) is 15.7 Å². The molecule has 0 aliphatic rings. The summed E-state index contributed by atoms with van der Waals surface area (Å²) >= 11 is 0. The van der Waals surface area contributed by atoms with Gasteiger partial charge in [-0.1, -0.05) is 36.4 Å². The molecule has 8 nitrogen and oxygen atoms in total. The lowest BCUT2D eigenvalue weighted by Gasteiger charge is -2.16. The van der Waals surface area contributed by atoms with Gasteiger partial charge in [-0.15, -0.1) is 0 Å². The van der Waals surface area contributed by atoms with Crippen LogP contribution in [0.2, 0.25) is 0 Å². The quantitative estimate of drug-likeness (QED) is 0.722. The van der Waals surface area contributed by atoms with Gasteiger partial charge in [-0.05, 0) is 35.5 Å². The minimum absolute atomic E-state index is 0.217. The lowest BCUT2D eigenvalue weighted by Crippen LogP contribution is -2.34. The Bertz CT molecular complexity index is 949. The van der Waals surface area contributed by atoms with Crippen LogP contribution >= 0.6 is 0 Å². The first-order chi connectivity index (χ1) is 12.6. The smallest absolute Gasteiger partial charge is 0.368 e. The Kier molecular flexibility index (Phi) is 5.12. The molecule has 0 saturated carbocycles. The Labute approximate surface area is 150 Å². The van der Waals surface area contributed by atoms with E-state index in [9.17, 15) is 9.59 Å². The van der Waals surface area contributed by atoms with E-state index >= 15 is 0 Å². The molecule has 1 aromatic heterocycles. The minimum Gasteiger partial charge on any atom is -0.496 e. The zero-order valence-electron chi connectivity index (χ0n) is 14.5. The third kappa shape index (κ3) is 3.64. The maximum absolute atomic E-state index is 12.4. The van der Waals surface area contributed by atoms with Crippen molar-refractivity contribution in [1.29, 1.82) is 0 Å². The predicted molar refractivity (Wildman–Crippen MR) is 95.2 cm³/mol. The molecule has 1 amide bonds. The number of carbonyl (C=O) groups is 1. The molecule has 134 valence electrons. The van der Waals surface area contributed by atoms with Crippen molar-refractivity contribution in [3.8, 4) is 11.4 Å². The van der Waals surface area contributed by atoms with Gasteiger partial charge >= 0.3 is 5.69 Å². The lowest BCUT2D eigenvalue weighted by molar-refractivity contribution is -0.122. The monoisotopic (exact) mass is 353 g/mol. The van der Waals surface area contributed by atoms with Gasteiger partial charge < -0.3 is 10.1 Å². The van der Waals surface area contributed by atoms with Crippen molar-refractivity contribution >= 4 is 5.91 Å². The van der Waals surface area contributed by atoms with Gasteiger partial charge in [0.2, 0.25) is 5.91 Å². The number of nitrogens with zero attached hydrogens (tertiary/aromatic N) is 4. The number of aromatic nitrogens is 4. The summed E-state index contributed by atoms with van der Waals surface area (Å²) in [6.07, 6.45) is 0. The number of benzene rings is 2. The highest BCUT2D eigenvalue weighted by molar-refractivity contribution is 5.76. The fourth-order valence-corrected chi connectivity index (χ4v) is 2.63. The number of tetrazole rings is 1. The highest BCUT2D eigenvalue weighted by Crippen LogP contribution is 2.24. The second-order valence-corrected chi connectivity index (χ2v) is 5.70. The van der Waals surface area contributed by atoms with Crippen molar-refractivity contribution in [1.82, 2.24) is 25.1 Å². The maximum atomic E-state index is 12.4. The van der Waals surface area contributed by atoms with Crippen LogP contribution in [0.3, 0.4) is 0 Å². The Morgan fingerprint density at radius 3 is 2.54 bits per heavy atom. The van der Waals surface area contributed by atoms with Crippen LogP contribution in [0.1, 0.15) is 18.5 Å². The molecule has 0 bridgehead atoms. The third-order valence-corrected chi connectivity index (χ3v) is 3.92. The number of ether oxygens (including phenoxy) is 1. The second-order valence-electron chi connectivity index (χ2n) is 5.70. The van der Waals surface area contributed by atoms with Gasteiger partial charge in [0, 0.05) is 5.56 Å². The molecule has 0 radical (unpaired) electrons. The maximum Gasteiger partial charge on any atom is 0.368 e. The Hall–Kier alpha value is -3.42. The molecular weight excluding hydrogens is 334 g/mol. The van der Waals surface area contributed by atoms with E-state index in [1.807, 2.05) is 37.3 Å². The lowest BCUT2D eigenvalue weighted by atomic mass is 10.1. The van der Waals surface area contributed by atoms with Gasteiger partial charge in [-0.25, -0.2) is 4.79 Å². The summed E-state index contributed by atoms with van der Waals surface area (Å²) < 4.78 is 7.48. The Morgan fingerprint density at radius 1 is 1.12 bits per heavy atom. The summed E-state index contributed by atoms with van der Waals surface area (Å²) in [5, 5.41) is 10.4. The van der Waals surface area contributed by atoms with E-state index in [4.69, 9.17) is 4.74 Å². The molecule has 1 heterocycles. The zero-order chi connectivity index (χ0) is 18.5. The highest BCUT2D eigenvalue weighted by atomic mass is 16.5. The molecule has 0 aliphatic carbocycles. The van der Waals surface area contributed by atoms with Crippen molar-refractivity contribution in [2.24, 2.45) is 0 Å². The van der Waals surface area contributed by atoms with Crippen molar-refractivity contribution in [2.75, 3.05) is 7.11 Å². The number of para-hydroxylation sites is 2. The van der Waals surface area contributed by atoms with Crippen LogP contribution < -0.4 is 15.7 Å². The number of hydrogen-bond acceptors (Lipinski definition) is 5. The second kappa shape index (κ2) is 7.64.